The molecule has 6 aromatic carbocycles. The van der Waals surface area contributed by atoms with Gasteiger partial charge in [-0.15, -0.1) is 0 Å². The van der Waals surface area contributed by atoms with E-state index in [9.17, 15) is 19.2 Å². The van der Waals surface area contributed by atoms with Gasteiger partial charge in [0.25, 0.3) is 23.6 Å². The minimum atomic E-state index is -0.562. The van der Waals surface area contributed by atoms with Crippen LogP contribution in [0.5, 0.6) is 0 Å². The number of hydrogen-bond donors (Lipinski definition) is 0. The van der Waals surface area contributed by atoms with E-state index in [1.807, 2.05) is 97.1 Å². The van der Waals surface area contributed by atoms with Gasteiger partial charge in [-0.25, -0.2) is 10.0 Å². The lowest BCUT2D eigenvalue weighted by atomic mass is 9.86. The van der Waals surface area contributed by atoms with Crippen LogP contribution in [0, 0.1) is 0 Å². The van der Waals surface area contributed by atoms with Crippen molar-refractivity contribution in [1.29, 1.82) is 0 Å². The van der Waals surface area contributed by atoms with Crippen LogP contribution < -0.4 is 10.0 Å². The van der Waals surface area contributed by atoms with Crippen LogP contribution in [-0.2, 0) is 21.7 Å². The van der Waals surface area contributed by atoms with Crippen molar-refractivity contribution in [3.63, 3.8) is 0 Å². The van der Waals surface area contributed by atoms with Crippen LogP contribution in [0.25, 0.3) is 10.8 Å². The third-order valence-electron chi connectivity index (χ3n) is 12.2. The Bertz CT molecular complexity index is 2400. The third-order valence-corrected chi connectivity index (χ3v) is 12.2. The molecule has 2 aliphatic rings. The van der Waals surface area contributed by atoms with Gasteiger partial charge in [0.2, 0.25) is 0 Å². The molecule has 0 N–H and O–H groups in total. The second kappa shape index (κ2) is 14.5. The van der Waals surface area contributed by atoms with Gasteiger partial charge in [0.15, 0.2) is 0 Å². The highest BCUT2D eigenvalue weighted by atomic mass is 16.2. The minimum absolute atomic E-state index is 0.112. The highest BCUT2D eigenvalue weighted by Gasteiger charge is 2.44. The van der Waals surface area contributed by atoms with Crippen LogP contribution in [0.2, 0.25) is 0 Å². The van der Waals surface area contributed by atoms with E-state index >= 15 is 0 Å². The second-order valence-corrected chi connectivity index (χ2v) is 20.7. The zero-order valence-electron chi connectivity index (χ0n) is 38.0. The predicted molar refractivity (Wildman–Crippen MR) is 250 cm³/mol. The lowest BCUT2D eigenvalue weighted by Gasteiger charge is -2.40. The van der Waals surface area contributed by atoms with Gasteiger partial charge in [-0.1, -0.05) is 132 Å². The fourth-order valence-corrected chi connectivity index (χ4v) is 8.38. The fraction of sp³-hybridized carbons (Fsp3) is 0.296. The van der Waals surface area contributed by atoms with Gasteiger partial charge in [0.1, 0.15) is 0 Å². The fourth-order valence-electron chi connectivity index (χ4n) is 8.38. The van der Waals surface area contributed by atoms with Crippen LogP contribution in [0.15, 0.2) is 121 Å². The van der Waals surface area contributed by atoms with Crippen molar-refractivity contribution in [2.24, 2.45) is 0 Å². The molecule has 2 heterocycles. The summed E-state index contributed by atoms with van der Waals surface area (Å²) in [4.78, 5) is 59.8. The summed E-state index contributed by atoms with van der Waals surface area (Å²) in [6.45, 7) is 25.6. The number of imide groups is 2. The first-order valence-corrected chi connectivity index (χ1v) is 21.4. The quantitative estimate of drug-likeness (QED) is 0.156. The average molecular weight is 825 g/mol. The monoisotopic (exact) mass is 824 g/mol. The first-order valence-electron chi connectivity index (χ1n) is 21.4. The SMILES string of the molecule is CC(C)(C)c1ccc(N(c2ccc(C(C)(C)C)cc2)N2C(=O)c3ccc4c5c(ccc(c35)C2=O)C(=O)N(N(c2ccc(C(C)(C)C)cc2)c2ccc(C(C)(C)C)cc2)C4=O)cc1. The van der Waals surface area contributed by atoms with Crippen LogP contribution in [0.3, 0.4) is 0 Å². The molecule has 0 saturated carbocycles. The summed E-state index contributed by atoms with van der Waals surface area (Å²) in [5.74, 6) is -2.25. The molecular formula is C54H56N4O4. The summed E-state index contributed by atoms with van der Waals surface area (Å²) < 4.78 is 0. The topological polar surface area (TPSA) is 81.2 Å². The van der Waals surface area contributed by atoms with Gasteiger partial charge in [-0.05, 0) is 117 Å². The number of amides is 4. The minimum Gasteiger partial charge on any atom is -0.267 e. The number of carbonyl (C=O) groups excluding carboxylic acids is 4. The van der Waals surface area contributed by atoms with Gasteiger partial charge in [0.05, 0.1) is 45.0 Å². The molecule has 0 bridgehead atoms. The van der Waals surface area contributed by atoms with Crippen LogP contribution >= 0.6 is 0 Å². The Labute approximate surface area is 365 Å². The Morgan fingerprint density at radius 2 is 0.468 bits per heavy atom. The highest BCUT2D eigenvalue weighted by molar-refractivity contribution is 6.34. The van der Waals surface area contributed by atoms with Crippen molar-refractivity contribution in [1.82, 2.24) is 10.0 Å². The number of anilines is 4. The van der Waals surface area contributed by atoms with E-state index in [1.165, 1.54) is 10.0 Å². The molecular weight excluding hydrogens is 769 g/mol. The average Bonchev–Trinajstić information content (AvgIpc) is 3.21. The largest absolute Gasteiger partial charge is 0.280 e. The van der Waals surface area contributed by atoms with Crippen molar-refractivity contribution in [3.05, 3.63) is 166 Å². The van der Waals surface area contributed by atoms with E-state index in [0.29, 0.717) is 33.5 Å². The summed E-state index contributed by atoms with van der Waals surface area (Å²) in [6.07, 6.45) is 0. The van der Waals surface area contributed by atoms with E-state index in [-0.39, 0.29) is 43.9 Å². The molecule has 0 fully saturated rings. The van der Waals surface area contributed by atoms with Crippen molar-refractivity contribution in [2.45, 2.75) is 105 Å². The summed E-state index contributed by atoms with van der Waals surface area (Å²) in [5.41, 5.74) is 7.40. The van der Waals surface area contributed by atoms with Gasteiger partial charge in [-0.2, -0.15) is 10.0 Å². The smallest absolute Gasteiger partial charge is 0.267 e. The highest BCUT2D eigenvalue weighted by Crippen LogP contribution is 2.43. The molecule has 4 amide bonds. The maximum Gasteiger partial charge on any atom is 0.280 e. The molecule has 0 saturated heterocycles. The summed E-state index contributed by atoms with van der Waals surface area (Å²) >= 11 is 0. The molecule has 0 aliphatic carbocycles. The second-order valence-electron chi connectivity index (χ2n) is 20.7. The Morgan fingerprint density at radius 3 is 0.629 bits per heavy atom. The van der Waals surface area contributed by atoms with Crippen LogP contribution in [0.4, 0.5) is 22.7 Å². The Balaban J connectivity index is 1.25. The molecule has 0 spiro atoms. The molecule has 2 aliphatic heterocycles. The van der Waals surface area contributed by atoms with Crippen LogP contribution in [-0.4, -0.2) is 33.6 Å². The van der Waals surface area contributed by atoms with Crippen molar-refractivity contribution in [2.75, 3.05) is 10.0 Å². The summed E-state index contributed by atoms with van der Waals surface area (Å²) in [5, 5.41) is 6.29. The van der Waals surface area contributed by atoms with Crippen molar-refractivity contribution in [3.8, 4) is 0 Å². The van der Waals surface area contributed by atoms with Gasteiger partial charge in [-0.3, -0.25) is 19.2 Å². The van der Waals surface area contributed by atoms with Crippen molar-refractivity contribution >= 4 is 57.2 Å². The first kappa shape index (κ1) is 42.2. The van der Waals surface area contributed by atoms with Gasteiger partial charge in [0, 0.05) is 10.8 Å². The van der Waals surface area contributed by atoms with Gasteiger partial charge >= 0.3 is 0 Å². The van der Waals surface area contributed by atoms with Gasteiger partial charge < -0.3 is 0 Å². The number of nitrogens with zero attached hydrogens (tertiary/aromatic N) is 4. The number of carbonyl (C=O) groups is 4. The number of benzene rings is 6. The standard InChI is InChI=1S/C54H56N4O4/c1-51(2,3)33-13-21-37(22-14-33)55(38-23-15-34(16-24-38)52(4,5)6)57-47(59)41-29-31-43-46-44(32-30-42(45(41)46)48(57)60)50(62)58(49(43)61)56(39-25-17-35(18-26-39)53(7,8)9)40-27-19-36(20-28-40)54(10,11)12/h13-32H,1-12H3. The van der Waals surface area contributed by atoms with E-state index < -0.39 is 23.6 Å². The molecule has 8 nitrogen and oxygen atoms in total. The molecule has 0 aromatic heterocycles. The zero-order valence-corrected chi connectivity index (χ0v) is 38.0. The Hall–Kier alpha value is -6.54. The van der Waals surface area contributed by atoms with E-state index in [2.05, 4.69) is 83.1 Å². The molecule has 8 rings (SSSR count). The maximum absolute atomic E-state index is 15.0. The summed E-state index contributed by atoms with van der Waals surface area (Å²) in [7, 11) is 0. The molecule has 8 heteroatoms. The zero-order chi connectivity index (χ0) is 44.8. The van der Waals surface area contributed by atoms with Crippen LogP contribution in [0.1, 0.15) is 147 Å². The molecule has 0 radical (unpaired) electrons. The number of hydrazine groups is 2. The molecule has 6 aromatic rings. The third kappa shape index (κ3) is 7.15. The van der Waals surface area contributed by atoms with E-state index in [0.717, 1.165) is 22.3 Å². The maximum atomic E-state index is 15.0. The number of hydrogen-bond acceptors (Lipinski definition) is 6. The Kier molecular flexibility index (Phi) is 9.89. The van der Waals surface area contributed by atoms with E-state index in [4.69, 9.17) is 0 Å². The van der Waals surface area contributed by atoms with E-state index in [1.54, 1.807) is 34.3 Å². The normalized spacial score (nSPS) is 14.5. The summed E-state index contributed by atoms with van der Waals surface area (Å²) in [6, 6.07) is 38.1. The molecule has 62 heavy (non-hydrogen) atoms. The molecule has 0 atom stereocenters. The van der Waals surface area contributed by atoms with Crippen molar-refractivity contribution < 1.29 is 19.2 Å². The number of rotatable bonds is 6. The Morgan fingerprint density at radius 1 is 0.290 bits per heavy atom. The molecule has 0 unspecified atom stereocenters. The lowest BCUT2D eigenvalue weighted by Crippen LogP contribution is -2.52. The molecule has 316 valence electrons. The first-order chi connectivity index (χ1) is 29.0. The lowest BCUT2D eigenvalue weighted by molar-refractivity contribution is 0.0589. The predicted octanol–water partition coefficient (Wildman–Crippen LogP) is 12.7.